The van der Waals surface area contributed by atoms with Crippen molar-refractivity contribution in [3.8, 4) is 0 Å². The Morgan fingerprint density at radius 2 is 1.42 bits per heavy atom. The molecule has 0 aliphatic carbocycles. The van der Waals surface area contributed by atoms with Gasteiger partial charge in [-0.05, 0) is 20.8 Å². The monoisotopic (exact) mass is 544 g/mol. The molecule has 0 bridgehead atoms. The van der Waals surface area contributed by atoms with E-state index in [1.807, 2.05) is 0 Å². The molecular weight excluding hydrogens is 504 g/mol. The minimum atomic E-state index is -1.07. The number of likely N-dealkylation sites (N-methyl/N-ethyl adjacent to an activating group) is 3. The topological polar surface area (TPSA) is 256 Å². The molecule has 0 saturated heterocycles. The van der Waals surface area contributed by atoms with E-state index in [1.165, 1.54) is 42.8 Å². The van der Waals surface area contributed by atoms with Gasteiger partial charge < -0.3 is 51.4 Å². The summed E-state index contributed by atoms with van der Waals surface area (Å²) in [7, 11) is 4.42. The Morgan fingerprint density at radius 1 is 0.895 bits per heavy atom. The number of nitrogens with one attached hydrogen (secondary N) is 3. The van der Waals surface area contributed by atoms with Crippen LogP contribution in [0.15, 0.2) is 4.99 Å². The maximum atomic E-state index is 12.2. The summed E-state index contributed by atoms with van der Waals surface area (Å²) >= 11 is 0. The maximum Gasteiger partial charge on any atom is 0.326 e. The van der Waals surface area contributed by atoms with Crippen LogP contribution in [0.2, 0.25) is 0 Å². The van der Waals surface area contributed by atoms with Gasteiger partial charge >= 0.3 is 17.9 Å². The van der Waals surface area contributed by atoms with Crippen LogP contribution in [0.4, 0.5) is 0 Å². The third-order valence-electron chi connectivity index (χ3n) is 4.58. The molecular formula is C21H40N10O7. The zero-order chi connectivity index (χ0) is 29.6. The molecule has 0 radical (unpaired) electrons. The molecule has 1 atom stereocenters. The molecule has 0 aromatic heterocycles. The van der Waals surface area contributed by atoms with E-state index in [9.17, 15) is 19.2 Å². The highest BCUT2D eigenvalue weighted by molar-refractivity contribution is 5.86. The number of hydrogen-bond acceptors (Lipinski definition) is 10. The lowest BCUT2D eigenvalue weighted by Gasteiger charge is -2.25. The van der Waals surface area contributed by atoms with Crippen molar-refractivity contribution in [2.24, 2.45) is 22.2 Å². The number of hydrogen-bond donors (Lipinski definition) is 6. The standard InChI is InChI=1S/C21H40N10O7/c1-13(11-36-16(34)9-30(5)19(24)25)37-17(35)10-31(6)20(26)28-12-21(2,3)38-15(33)7-27-14(32)8-29(4)18(22)23/h13H,7-12H2,1-6H3,(H3,22,23)(H3,24,25)(H2,26,28)(H,27,32). The maximum absolute atomic E-state index is 12.2. The van der Waals surface area contributed by atoms with Gasteiger partial charge in [-0.3, -0.25) is 30.0 Å². The number of aliphatic imine (C=N–C) groups is 1. The van der Waals surface area contributed by atoms with E-state index in [-0.39, 0.29) is 57.2 Å². The molecule has 0 rings (SSSR count). The number of carbonyl (C=O) groups excluding carboxylic acids is 4. The number of nitrogens with two attached hydrogens (primary N) is 3. The highest BCUT2D eigenvalue weighted by atomic mass is 16.6. The Morgan fingerprint density at radius 3 is 1.97 bits per heavy atom. The first kappa shape index (κ1) is 33.7. The average Bonchev–Trinajstić information content (AvgIpc) is 2.79. The van der Waals surface area contributed by atoms with Gasteiger partial charge in [-0.2, -0.15) is 0 Å². The quantitative estimate of drug-likeness (QED) is 0.0545. The lowest BCUT2D eigenvalue weighted by molar-refractivity contribution is -0.158. The predicted octanol–water partition coefficient (Wildman–Crippen LogP) is -3.20. The molecule has 0 aromatic carbocycles. The third-order valence-corrected chi connectivity index (χ3v) is 4.58. The number of nitrogens with zero attached hydrogens (tertiary/aromatic N) is 4. The van der Waals surface area contributed by atoms with Crippen LogP contribution in [0.1, 0.15) is 20.8 Å². The zero-order valence-electron chi connectivity index (χ0n) is 22.7. The normalized spacial score (nSPS) is 12.0. The van der Waals surface area contributed by atoms with Gasteiger partial charge in [-0.25, -0.2) is 4.99 Å². The summed E-state index contributed by atoms with van der Waals surface area (Å²) in [6, 6.07) is 0. The summed E-state index contributed by atoms with van der Waals surface area (Å²) in [5, 5.41) is 16.8. The molecule has 17 heteroatoms. The van der Waals surface area contributed by atoms with Gasteiger partial charge in [0, 0.05) is 21.1 Å². The fraction of sp³-hybridized carbons (Fsp3) is 0.667. The van der Waals surface area contributed by atoms with Crippen LogP contribution in [0.3, 0.4) is 0 Å². The van der Waals surface area contributed by atoms with Gasteiger partial charge in [-0.15, -0.1) is 0 Å². The van der Waals surface area contributed by atoms with Crippen molar-refractivity contribution in [3.63, 3.8) is 0 Å². The summed E-state index contributed by atoms with van der Waals surface area (Å²) in [4.78, 5) is 55.6. The summed E-state index contributed by atoms with van der Waals surface area (Å²) in [6.45, 7) is 3.47. The van der Waals surface area contributed by atoms with E-state index < -0.39 is 35.5 Å². The van der Waals surface area contributed by atoms with Crippen molar-refractivity contribution in [2.75, 3.05) is 60.5 Å². The highest BCUT2D eigenvalue weighted by Gasteiger charge is 2.24. The van der Waals surface area contributed by atoms with Crippen LogP contribution in [0.25, 0.3) is 0 Å². The van der Waals surface area contributed by atoms with E-state index in [4.69, 9.17) is 42.2 Å². The number of ether oxygens (including phenoxy) is 3. The Kier molecular flexibility index (Phi) is 13.9. The largest absolute Gasteiger partial charge is 0.460 e. The van der Waals surface area contributed by atoms with Crippen molar-refractivity contribution in [3.05, 3.63) is 0 Å². The van der Waals surface area contributed by atoms with Crippen molar-refractivity contribution in [1.29, 1.82) is 10.8 Å². The summed E-state index contributed by atoms with van der Waals surface area (Å²) in [6.07, 6.45) is -0.734. The van der Waals surface area contributed by atoms with Crippen LogP contribution in [0.5, 0.6) is 0 Å². The van der Waals surface area contributed by atoms with Crippen LogP contribution in [0, 0.1) is 10.8 Å². The number of rotatable bonds is 14. The Bertz CT molecular complexity index is 909. The van der Waals surface area contributed by atoms with Crippen molar-refractivity contribution in [1.82, 2.24) is 20.0 Å². The molecule has 0 heterocycles. The predicted molar refractivity (Wildman–Crippen MR) is 138 cm³/mol. The number of guanidine groups is 3. The molecule has 38 heavy (non-hydrogen) atoms. The first-order valence-corrected chi connectivity index (χ1v) is 11.4. The number of esters is 3. The van der Waals surface area contributed by atoms with Crippen LogP contribution in [-0.4, -0.2) is 129 Å². The molecule has 0 fully saturated rings. The number of carbonyl (C=O) groups is 4. The molecule has 1 amide bonds. The van der Waals surface area contributed by atoms with E-state index >= 15 is 0 Å². The fourth-order valence-corrected chi connectivity index (χ4v) is 2.40. The smallest absolute Gasteiger partial charge is 0.326 e. The lowest BCUT2D eigenvalue weighted by Crippen LogP contribution is -2.44. The molecule has 0 aliphatic heterocycles. The van der Waals surface area contributed by atoms with Gasteiger partial charge in [0.25, 0.3) is 0 Å². The zero-order valence-corrected chi connectivity index (χ0v) is 22.7. The summed E-state index contributed by atoms with van der Waals surface area (Å²) in [5.41, 5.74) is 15.3. The second-order valence-corrected chi connectivity index (χ2v) is 9.01. The fourth-order valence-electron chi connectivity index (χ4n) is 2.40. The second kappa shape index (κ2) is 15.7. The van der Waals surface area contributed by atoms with Gasteiger partial charge in [0.1, 0.15) is 37.9 Å². The molecule has 0 aromatic rings. The average molecular weight is 545 g/mol. The van der Waals surface area contributed by atoms with Crippen molar-refractivity contribution >= 4 is 41.7 Å². The van der Waals surface area contributed by atoms with Crippen molar-refractivity contribution in [2.45, 2.75) is 32.5 Å². The third kappa shape index (κ3) is 14.9. The van der Waals surface area contributed by atoms with E-state index in [1.54, 1.807) is 13.8 Å². The van der Waals surface area contributed by atoms with Gasteiger partial charge in [-0.1, -0.05) is 0 Å². The molecule has 0 aliphatic rings. The Labute approximate surface area is 221 Å². The lowest BCUT2D eigenvalue weighted by atomic mass is 10.1. The molecule has 17 nitrogen and oxygen atoms in total. The molecule has 0 saturated carbocycles. The van der Waals surface area contributed by atoms with Crippen LogP contribution >= 0.6 is 0 Å². The molecule has 9 N–H and O–H groups in total. The summed E-state index contributed by atoms with van der Waals surface area (Å²) in [5.74, 6) is -3.09. The van der Waals surface area contributed by atoms with E-state index in [2.05, 4.69) is 10.3 Å². The Hall–Kier alpha value is -4.31. The highest BCUT2D eigenvalue weighted by Crippen LogP contribution is 2.10. The van der Waals surface area contributed by atoms with Crippen LogP contribution < -0.4 is 22.5 Å². The van der Waals surface area contributed by atoms with Gasteiger partial charge in [0.05, 0.1) is 13.1 Å². The molecule has 1 unspecified atom stereocenters. The van der Waals surface area contributed by atoms with E-state index in [0.717, 1.165) is 0 Å². The minimum absolute atomic E-state index is 0.0157. The van der Waals surface area contributed by atoms with Gasteiger partial charge in [0.15, 0.2) is 17.9 Å². The molecule has 0 spiro atoms. The SMILES string of the molecule is CC(COC(=O)CN(C)C(=N)N)OC(=O)CN(C)C(N)=NCC(C)(C)OC(=O)CNC(=O)CN(C)C(=N)N. The summed E-state index contributed by atoms with van der Waals surface area (Å²) < 4.78 is 15.5. The Balaban J connectivity index is 4.53. The molecule has 216 valence electrons. The number of amides is 1. The van der Waals surface area contributed by atoms with Crippen LogP contribution in [-0.2, 0) is 33.4 Å². The first-order chi connectivity index (χ1) is 17.4. The van der Waals surface area contributed by atoms with Gasteiger partial charge in [0.2, 0.25) is 5.91 Å². The van der Waals surface area contributed by atoms with Crippen molar-refractivity contribution < 1.29 is 33.4 Å². The van der Waals surface area contributed by atoms with E-state index in [0.29, 0.717) is 0 Å². The first-order valence-electron chi connectivity index (χ1n) is 11.4. The second-order valence-electron chi connectivity index (χ2n) is 9.01. The minimum Gasteiger partial charge on any atom is -0.460 e.